The zero-order chi connectivity index (χ0) is 10.1. The second kappa shape index (κ2) is 3.87. The van der Waals surface area contributed by atoms with Gasteiger partial charge < -0.3 is 10.6 Å². The van der Waals surface area contributed by atoms with Crippen molar-refractivity contribution in [3.63, 3.8) is 0 Å². The van der Waals surface area contributed by atoms with E-state index in [4.69, 9.17) is 5.73 Å². The lowest BCUT2D eigenvalue weighted by Crippen LogP contribution is -2.47. The van der Waals surface area contributed by atoms with Crippen molar-refractivity contribution in [2.24, 2.45) is 11.7 Å². The molecule has 1 amide bonds. The summed E-state index contributed by atoms with van der Waals surface area (Å²) in [6.07, 6.45) is 1.17. The summed E-state index contributed by atoms with van der Waals surface area (Å²) >= 11 is 0. The van der Waals surface area contributed by atoms with E-state index in [-0.39, 0.29) is 11.9 Å². The van der Waals surface area contributed by atoms with E-state index in [1.807, 2.05) is 4.90 Å². The number of nitrogens with zero attached hydrogens (tertiary/aromatic N) is 2. The largest absolute Gasteiger partial charge is 0.341 e. The van der Waals surface area contributed by atoms with E-state index in [0.717, 1.165) is 26.2 Å². The highest BCUT2D eigenvalue weighted by Gasteiger charge is 2.29. The monoisotopic (exact) mass is 197 g/mol. The van der Waals surface area contributed by atoms with Crippen LogP contribution in [0.4, 0.5) is 0 Å². The van der Waals surface area contributed by atoms with Crippen LogP contribution in [0.1, 0.15) is 13.3 Å². The summed E-state index contributed by atoms with van der Waals surface area (Å²) in [4.78, 5) is 15.7. The molecule has 2 saturated heterocycles. The summed E-state index contributed by atoms with van der Waals surface area (Å²) < 4.78 is 0. The number of likely N-dealkylation sites (tertiary alicyclic amines) is 2. The van der Waals surface area contributed by atoms with Crippen LogP contribution in [0.2, 0.25) is 0 Å². The molecule has 2 aliphatic heterocycles. The number of carbonyl (C=O) groups is 1. The van der Waals surface area contributed by atoms with Gasteiger partial charge in [0.05, 0.1) is 6.54 Å². The van der Waals surface area contributed by atoms with Gasteiger partial charge in [0, 0.05) is 32.2 Å². The lowest BCUT2D eigenvalue weighted by Gasteiger charge is -2.32. The molecule has 0 aliphatic carbocycles. The van der Waals surface area contributed by atoms with Crippen molar-refractivity contribution < 1.29 is 4.79 Å². The van der Waals surface area contributed by atoms with Gasteiger partial charge in [0.15, 0.2) is 0 Å². The van der Waals surface area contributed by atoms with Gasteiger partial charge in [-0.2, -0.15) is 0 Å². The topological polar surface area (TPSA) is 49.6 Å². The molecule has 4 nitrogen and oxygen atoms in total. The number of amides is 1. The van der Waals surface area contributed by atoms with Crippen LogP contribution in [-0.4, -0.2) is 54.5 Å². The molecule has 0 aromatic rings. The number of hydrogen-bond acceptors (Lipinski definition) is 3. The average molecular weight is 197 g/mol. The predicted molar refractivity (Wildman–Crippen MR) is 54.8 cm³/mol. The van der Waals surface area contributed by atoms with E-state index in [1.54, 1.807) is 0 Å². The van der Waals surface area contributed by atoms with Gasteiger partial charge in [-0.05, 0) is 12.3 Å². The average Bonchev–Trinajstić information content (AvgIpc) is 2.26. The Morgan fingerprint density at radius 2 is 2.14 bits per heavy atom. The van der Waals surface area contributed by atoms with Gasteiger partial charge in [-0.15, -0.1) is 0 Å². The highest BCUT2D eigenvalue weighted by Crippen LogP contribution is 2.15. The summed E-state index contributed by atoms with van der Waals surface area (Å²) in [5.41, 5.74) is 5.90. The number of hydrogen-bond donors (Lipinski definition) is 1. The molecule has 0 spiro atoms. The molecule has 0 saturated carbocycles. The van der Waals surface area contributed by atoms with Crippen LogP contribution in [0.15, 0.2) is 0 Å². The second-order valence-corrected chi connectivity index (χ2v) is 4.57. The van der Waals surface area contributed by atoms with Crippen molar-refractivity contribution in [3.8, 4) is 0 Å². The van der Waals surface area contributed by atoms with Crippen LogP contribution in [0, 0.1) is 5.92 Å². The van der Waals surface area contributed by atoms with E-state index in [1.165, 1.54) is 6.42 Å². The van der Waals surface area contributed by atoms with Crippen LogP contribution in [-0.2, 0) is 4.79 Å². The maximum absolute atomic E-state index is 11.6. The summed E-state index contributed by atoms with van der Waals surface area (Å²) in [7, 11) is 0. The fraction of sp³-hybridized carbons (Fsp3) is 0.900. The summed E-state index contributed by atoms with van der Waals surface area (Å²) in [6.45, 7) is 6.47. The molecule has 2 unspecified atom stereocenters. The van der Waals surface area contributed by atoms with Crippen LogP contribution in [0.5, 0.6) is 0 Å². The molecule has 0 aromatic carbocycles. The molecule has 2 fully saturated rings. The molecule has 0 radical (unpaired) electrons. The molecule has 0 aromatic heterocycles. The maximum atomic E-state index is 11.6. The van der Waals surface area contributed by atoms with Crippen molar-refractivity contribution in [1.82, 2.24) is 9.80 Å². The zero-order valence-corrected chi connectivity index (χ0v) is 8.78. The van der Waals surface area contributed by atoms with Gasteiger partial charge in [0.1, 0.15) is 0 Å². The quantitative estimate of drug-likeness (QED) is 0.649. The van der Waals surface area contributed by atoms with Gasteiger partial charge >= 0.3 is 0 Å². The number of nitrogens with two attached hydrogens (primary N) is 1. The van der Waals surface area contributed by atoms with Gasteiger partial charge in [-0.1, -0.05) is 6.92 Å². The molecule has 80 valence electrons. The summed E-state index contributed by atoms with van der Waals surface area (Å²) in [6, 6.07) is 0.249. The van der Waals surface area contributed by atoms with Crippen LogP contribution < -0.4 is 5.73 Å². The Kier molecular flexibility index (Phi) is 2.74. The van der Waals surface area contributed by atoms with Crippen molar-refractivity contribution in [3.05, 3.63) is 0 Å². The highest BCUT2D eigenvalue weighted by atomic mass is 16.2. The van der Waals surface area contributed by atoms with Crippen molar-refractivity contribution in [2.45, 2.75) is 19.4 Å². The first-order valence-corrected chi connectivity index (χ1v) is 5.42. The predicted octanol–water partition coefficient (Wildman–Crippen LogP) is -0.502. The molecule has 2 aliphatic rings. The third kappa shape index (κ3) is 1.91. The fourth-order valence-corrected chi connectivity index (χ4v) is 2.08. The molecular weight excluding hydrogens is 178 g/mol. The maximum Gasteiger partial charge on any atom is 0.236 e. The molecule has 2 heterocycles. The molecule has 2 N–H and O–H groups in total. The van der Waals surface area contributed by atoms with Crippen molar-refractivity contribution >= 4 is 5.91 Å². The first kappa shape index (κ1) is 9.93. The van der Waals surface area contributed by atoms with Crippen LogP contribution >= 0.6 is 0 Å². The lowest BCUT2D eigenvalue weighted by molar-refractivity contribution is -0.135. The minimum Gasteiger partial charge on any atom is -0.341 e. The number of carbonyl (C=O) groups excluding carboxylic acids is 1. The van der Waals surface area contributed by atoms with Crippen LogP contribution in [0.25, 0.3) is 0 Å². The standard InChI is InChI=1S/C10H19N3O/c1-8-5-12(6-9(8)11)7-10(14)13-3-2-4-13/h8-9H,2-7,11H2,1H3. The minimum atomic E-state index is 0.249. The second-order valence-electron chi connectivity index (χ2n) is 4.57. The van der Waals surface area contributed by atoms with E-state index < -0.39 is 0 Å². The Morgan fingerprint density at radius 1 is 1.43 bits per heavy atom. The zero-order valence-electron chi connectivity index (χ0n) is 8.78. The first-order chi connectivity index (χ1) is 6.66. The van der Waals surface area contributed by atoms with E-state index in [2.05, 4.69) is 11.8 Å². The van der Waals surface area contributed by atoms with Crippen molar-refractivity contribution in [1.29, 1.82) is 0 Å². The molecule has 0 bridgehead atoms. The lowest BCUT2D eigenvalue weighted by atomic mass is 10.1. The normalized spacial score (nSPS) is 33.1. The Hall–Kier alpha value is -0.610. The SMILES string of the molecule is CC1CN(CC(=O)N2CCC2)CC1N. The third-order valence-corrected chi connectivity index (χ3v) is 3.31. The Balaban J connectivity index is 1.77. The van der Waals surface area contributed by atoms with Crippen molar-refractivity contribution in [2.75, 3.05) is 32.7 Å². The molecular formula is C10H19N3O. The van der Waals surface area contributed by atoms with E-state index >= 15 is 0 Å². The molecule has 4 heteroatoms. The van der Waals surface area contributed by atoms with Gasteiger partial charge in [-0.25, -0.2) is 0 Å². The smallest absolute Gasteiger partial charge is 0.236 e. The fourth-order valence-electron chi connectivity index (χ4n) is 2.08. The Morgan fingerprint density at radius 3 is 2.57 bits per heavy atom. The van der Waals surface area contributed by atoms with Crippen LogP contribution in [0.3, 0.4) is 0 Å². The number of rotatable bonds is 2. The minimum absolute atomic E-state index is 0.249. The summed E-state index contributed by atoms with van der Waals surface area (Å²) in [5, 5.41) is 0. The van der Waals surface area contributed by atoms with E-state index in [9.17, 15) is 4.79 Å². The van der Waals surface area contributed by atoms with E-state index in [0.29, 0.717) is 12.5 Å². The van der Waals surface area contributed by atoms with Gasteiger partial charge in [0.25, 0.3) is 0 Å². The molecule has 14 heavy (non-hydrogen) atoms. The third-order valence-electron chi connectivity index (χ3n) is 3.31. The first-order valence-electron chi connectivity index (χ1n) is 5.42. The summed E-state index contributed by atoms with van der Waals surface area (Å²) in [5.74, 6) is 0.803. The molecule has 2 rings (SSSR count). The Labute approximate surface area is 85.0 Å². The van der Waals surface area contributed by atoms with Gasteiger partial charge in [-0.3, -0.25) is 9.69 Å². The van der Waals surface area contributed by atoms with Gasteiger partial charge in [0.2, 0.25) is 5.91 Å². The Bertz CT molecular complexity index is 217. The highest BCUT2D eigenvalue weighted by molar-refractivity contribution is 5.78. The molecule has 2 atom stereocenters.